The van der Waals surface area contributed by atoms with Gasteiger partial charge < -0.3 is 15.5 Å². The number of nitrogens with two attached hydrogens (primary N) is 1. The number of amides is 1. The van der Waals surface area contributed by atoms with Crippen molar-refractivity contribution in [1.82, 2.24) is 14.9 Å². The number of anilines is 1. The molecule has 1 amide bonds. The Morgan fingerprint density at radius 3 is 2.48 bits per heavy atom. The molecule has 6 heteroatoms. The van der Waals surface area contributed by atoms with E-state index in [1.54, 1.807) is 18.6 Å². The summed E-state index contributed by atoms with van der Waals surface area (Å²) < 4.78 is 0. The first-order chi connectivity index (χ1) is 9.88. The lowest BCUT2D eigenvalue weighted by molar-refractivity contribution is -0.132. The first kappa shape index (κ1) is 15.7. The maximum atomic E-state index is 12.3. The van der Waals surface area contributed by atoms with Gasteiger partial charge in [-0.05, 0) is 5.41 Å². The van der Waals surface area contributed by atoms with Gasteiger partial charge in [-0.15, -0.1) is 0 Å². The van der Waals surface area contributed by atoms with Crippen LogP contribution in [-0.2, 0) is 4.79 Å². The maximum Gasteiger partial charge on any atom is 0.224 e. The number of piperazine rings is 1. The summed E-state index contributed by atoms with van der Waals surface area (Å²) in [5, 5.41) is 0. The van der Waals surface area contributed by atoms with Crippen LogP contribution in [0.3, 0.4) is 0 Å². The molecule has 1 aliphatic heterocycles. The van der Waals surface area contributed by atoms with Gasteiger partial charge >= 0.3 is 0 Å². The minimum atomic E-state index is -0.108. The van der Waals surface area contributed by atoms with E-state index in [-0.39, 0.29) is 17.4 Å². The molecule has 0 aliphatic carbocycles. The summed E-state index contributed by atoms with van der Waals surface area (Å²) in [6.45, 7) is 9.20. The summed E-state index contributed by atoms with van der Waals surface area (Å²) in [7, 11) is 0. The van der Waals surface area contributed by atoms with Crippen LogP contribution in [0, 0.1) is 5.41 Å². The lowest BCUT2D eigenvalue weighted by atomic mass is 9.85. The summed E-state index contributed by atoms with van der Waals surface area (Å²) in [5.41, 5.74) is 6.06. The Balaban J connectivity index is 1.85. The van der Waals surface area contributed by atoms with Crippen molar-refractivity contribution in [1.29, 1.82) is 0 Å². The van der Waals surface area contributed by atoms with Gasteiger partial charge in [-0.2, -0.15) is 0 Å². The lowest BCUT2D eigenvalue weighted by Gasteiger charge is -2.36. The highest BCUT2D eigenvalue weighted by molar-refractivity contribution is 5.77. The van der Waals surface area contributed by atoms with E-state index in [2.05, 4.69) is 35.6 Å². The van der Waals surface area contributed by atoms with Gasteiger partial charge in [0.2, 0.25) is 5.91 Å². The summed E-state index contributed by atoms with van der Waals surface area (Å²) in [6.07, 6.45) is 5.52. The van der Waals surface area contributed by atoms with Crippen LogP contribution < -0.4 is 10.6 Å². The van der Waals surface area contributed by atoms with Crippen molar-refractivity contribution in [3.63, 3.8) is 0 Å². The number of hydrogen-bond acceptors (Lipinski definition) is 5. The van der Waals surface area contributed by atoms with Crippen molar-refractivity contribution < 1.29 is 4.79 Å². The molecule has 1 unspecified atom stereocenters. The Kier molecular flexibility index (Phi) is 4.77. The third-order valence-corrected chi connectivity index (χ3v) is 4.01. The van der Waals surface area contributed by atoms with Gasteiger partial charge in [-0.25, -0.2) is 4.98 Å². The first-order valence-corrected chi connectivity index (χ1v) is 7.42. The molecule has 2 heterocycles. The largest absolute Gasteiger partial charge is 0.352 e. The second-order valence-corrected chi connectivity index (χ2v) is 6.61. The van der Waals surface area contributed by atoms with Crippen LogP contribution in [0.1, 0.15) is 27.2 Å². The minimum Gasteiger partial charge on any atom is -0.352 e. The Morgan fingerprint density at radius 2 is 1.95 bits per heavy atom. The fourth-order valence-corrected chi connectivity index (χ4v) is 2.26. The second kappa shape index (κ2) is 6.39. The number of aromatic nitrogens is 2. The quantitative estimate of drug-likeness (QED) is 0.895. The van der Waals surface area contributed by atoms with Crippen molar-refractivity contribution >= 4 is 11.7 Å². The van der Waals surface area contributed by atoms with Gasteiger partial charge in [0.05, 0.1) is 6.20 Å². The normalized spacial score (nSPS) is 17.7. The Labute approximate surface area is 126 Å². The number of hydrogen-bond donors (Lipinski definition) is 1. The van der Waals surface area contributed by atoms with Gasteiger partial charge in [-0.1, -0.05) is 20.8 Å². The van der Waals surface area contributed by atoms with Crippen LogP contribution in [0.25, 0.3) is 0 Å². The zero-order valence-corrected chi connectivity index (χ0v) is 13.1. The van der Waals surface area contributed by atoms with Crippen LogP contribution in [-0.4, -0.2) is 53.0 Å². The molecule has 21 heavy (non-hydrogen) atoms. The highest BCUT2D eigenvalue weighted by Crippen LogP contribution is 2.21. The molecule has 2 N–H and O–H groups in total. The molecule has 6 nitrogen and oxygen atoms in total. The molecule has 116 valence electrons. The molecule has 0 spiro atoms. The van der Waals surface area contributed by atoms with Crippen LogP contribution in [0.2, 0.25) is 0 Å². The first-order valence-electron chi connectivity index (χ1n) is 7.42. The zero-order valence-electron chi connectivity index (χ0n) is 13.1. The van der Waals surface area contributed by atoms with Crippen molar-refractivity contribution in [3.05, 3.63) is 18.6 Å². The van der Waals surface area contributed by atoms with E-state index in [9.17, 15) is 4.79 Å². The van der Waals surface area contributed by atoms with Gasteiger partial charge in [0, 0.05) is 51.0 Å². The zero-order chi connectivity index (χ0) is 15.5. The molecule has 1 aliphatic rings. The Bertz CT molecular complexity index is 463. The second-order valence-electron chi connectivity index (χ2n) is 6.61. The molecule has 1 atom stereocenters. The average molecular weight is 291 g/mol. The van der Waals surface area contributed by atoms with Gasteiger partial charge in [-0.3, -0.25) is 9.78 Å². The molecule has 1 aromatic rings. The lowest BCUT2D eigenvalue weighted by Crippen LogP contribution is -2.51. The van der Waals surface area contributed by atoms with Crippen molar-refractivity contribution in [2.75, 3.05) is 31.1 Å². The van der Waals surface area contributed by atoms with Crippen LogP contribution >= 0.6 is 0 Å². The molecule has 0 aromatic carbocycles. The van der Waals surface area contributed by atoms with Crippen LogP contribution in [0.15, 0.2) is 18.6 Å². The molecule has 1 aromatic heterocycles. The van der Waals surface area contributed by atoms with Gasteiger partial charge in [0.25, 0.3) is 0 Å². The smallest absolute Gasteiger partial charge is 0.224 e. The van der Waals surface area contributed by atoms with E-state index in [1.165, 1.54) is 0 Å². The van der Waals surface area contributed by atoms with E-state index >= 15 is 0 Å². The third-order valence-electron chi connectivity index (χ3n) is 4.01. The number of rotatable bonds is 3. The predicted molar refractivity (Wildman–Crippen MR) is 82.9 cm³/mol. The molecular weight excluding hydrogens is 266 g/mol. The third kappa shape index (κ3) is 4.14. The molecule has 0 bridgehead atoms. The van der Waals surface area contributed by atoms with Crippen molar-refractivity contribution in [3.8, 4) is 0 Å². The summed E-state index contributed by atoms with van der Waals surface area (Å²) in [4.78, 5) is 24.7. The molecule has 1 fully saturated rings. The Hall–Kier alpha value is -1.69. The molecule has 2 rings (SSSR count). The Morgan fingerprint density at radius 1 is 1.29 bits per heavy atom. The summed E-state index contributed by atoms with van der Waals surface area (Å²) in [6, 6.07) is -0.108. The highest BCUT2D eigenvalue weighted by Gasteiger charge is 2.27. The SMILES string of the molecule is CC(C)(C)C(N)CC(=O)N1CCN(c2cnccn2)CC1. The summed E-state index contributed by atoms with van der Waals surface area (Å²) in [5.74, 6) is 1.02. The highest BCUT2D eigenvalue weighted by atomic mass is 16.2. The number of carbonyl (C=O) groups is 1. The van der Waals surface area contributed by atoms with E-state index in [0.717, 1.165) is 18.9 Å². The molecule has 0 saturated carbocycles. The minimum absolute atomic E-state index is 0.0445. The van der Waals surface area contributed by atoms with Crippen LogP contribution in [0.5, 0.6) is 0 Å². The number of nitrogens with zero attached hydrogens (tertiary/aromatic N) is 4. The van der Waals surface area contributed by atoms with E-state index in [4.69, 9.17) is 5.73 Å². The fraction of sp³-hybridized carbons (Fsp3) is 0.667. The van der Waals surface area contributed by atoms with Crippen LogP contribution in [0.4, 0.5) is 5.82 Å². The van der Waals surface area contributed by atoms with Crippen molar-refractivity contribution in [2.45, 2.75) is 33.2 Å². The van der Waals surface area contributed by atoms with E-state index < -0.39 is 0 Å². The molecule has 1 saturated heterocycles. The van der Waals surface area contributed by atoms with Gasteiger partial charge in [0.1, 0.15) is 5.82 Å². The predicted octanol–water partition coefficient (Wildman–Crippen LogP) is 0.889. The summed E-state index contributed by atoms with van der Waals surface area (Å²) >= 11 is 0. The topological polar surface area (TPSA) is 75.4 Å². The van der Waals surface area contributed by atoms with E-state index in [0.29, 0.717) is 19.5 Å². The average Bonchev–Trinajstić information content (AvgIpc) is 2.47. The van der Waals surface area contributed by atoms with Gasteiger partial charge in [0.15, 0.2) is 0 Å². The van der Waals surface area contributed by atoms with E-state index in [1.807, 2.05) is 4.90 Å². The van der Waals surface area contributed by atoms with Crippen molar-refractivity contribution in [2.24, 2.45) is 11.1 Å². The fourth-order valence-electron chi connectivity index (χ4n) is 2.26. The maximum absolute atomic E-state index is 12.3. The molecular formula is C15H25N5O. The monoisotopic (exact) mass is 291 g/mol. The molecule has 0 radical (unpaired) electrons. The standard InChI is InChI=1S/C15H25N5O/c1-15(2,3)12(16)10-14(21)20-8-6-19(7-9-20)13-11-17-4-5-18-13/h4-5,11-12H,6-10,16H2,1-3H3. The number of carbonyl (C=O) groups excluding carboxylic acids is 1.